The lowest BCUT2D eigenvalue weighted by Gasteiger charge is -2.10. The second kappa shape index (κ2) is 9.24. The van der Waals surface area contributed by atoms with E-state index < -0.39 is 0 Å². The normalized spacial score (nSPS) is 10.2. The minimum atomic E-state index is -0.329. The standard InChI is InChI=1S/C16H19ClN4O2S/c1-2-6-18-15(22)13-4-3-11(8-14(13)17)21-16(23)19-7-5-12-9-24-10-20-12/h3-4,8-10H,2,5-7H2,1H3,(H,18,22)(H2,19,21,23). The van der Waals surface area contributed by atoms with Gasteiger partial charge in [-0.3, -0.25) is 4.79 Å². The maximum atomic E-state index is 11.9. The summed E-state index contributed by atoms with van der Waals surface area (Å²) in [6.45, 7) is 3.05. The van der Waals surface area contributed by atoms with Crippen molar-refractivity contribution in [2.75, 3.05) is 18.4 Å². The van der Waals surface area contributed by atoms with Crippen LogP contribution in [0, 0.1) is 0 Å². The second-order valence-corrected chi connectivity index (χ2v) is 6.19. The molecule has 0 atom stereocenters. The molecule has 2 aromatic rings. The van der Waals surface area contributed by atoms with Crippen molar-refractivity contribution in [3.8, 4) is 0 Å². The number of benzene rings is 1. The summed E-state index contributed by atoms with van der Waals surface area (Å²) in [5, 5.41) is 10.4. The number of nitrogens with zero attached hydrogens (tertiary/aromatic N) is 1. The first-order chi connectivity index (χ1) is 11.6. The van der Waals surface area contributed by atoms with Gasteiger partial charge in [0.15, 0.2) is 0 Å². The van der Waals surface area contributed by atoms with Gasteiger partial charge in [0, 0.05) is 30.6 Å². The number of carbonyl (C=O) groups excluding carboxylic acids is 2. The number of hydrogen-bond donors (Lipinski definition) is 3. The van der Waals surface area contributed by atoms with E-state index in [0.717, 1.165) is 12.1 Å². The minimum absolute atomic E-state index is 0.221. The molecule has 0 bridgehead atoms. The molecule has 1 heterocycles. The number of rotatable bonds is 7. The van der Waals surface area contributed by atoms with Crippen molar-refractivity contribution in [3.63, 3.8) is 0 Å². The highest BCUT2D eigenvalue weighted by atomic mass is 35.5. The van der Waals surface area contributed by atoms with E-state index in [1.165, 1.54) is 11.3 Å². The summed E-state index contributed by atoms with van der Waals surface area (Å²) < 4.78 is 0. The Morgan fingerprint density at radius 1 is 1.25 bits per heavy atom. The Hall–Kier alpha value is -2.12. The molecule has 0 saturated carbocycles. The molecule has 0 aliphatic heterocycles. The Morgan fingerprint density at radius 2 is 2.08 bits per heavy atom. The van der Waals surface area contributed by atoms with Gasteiger partial charge in [0.1, 0.15) is 0 Å². The molecule has 3 amide bonds. The van der Waals surface area contributed by atoms with E-state index in [9.17, 15) is 9.59 Å². The first-order valence-electron chi connectivity index (χ1n) is 7.59. The topological polar surface area (TPSA) is 83.1 Å². The van der Waals surface area contributed by atoms with Crippen molar-refractivity contribution in [2.45, 2.75) is 19.8 Å². The number of urea groups is 1. The molecule has 3 N–H and O–H groups in total. The summed E-state index contributed by atoms with van der Waals surface area (Å²) in [5.41, 5.74) is 3.62. The Morgan fingerprint density at radius 3 is 2.75 bits per heavy atom. The van der Waals surface area contributed by atoms with Crippen LogP contribution in [0.4, 0.5) is 10.5 Å². The molecule has 0 unspecified atom stereocenters. The minimum Gasteiger partial charge on any atom is -0.352 e. The lowest BCUT2D eigenvalue weighted by molar-refractivity contribution is 0.0954. The van der Waals surface area contributed by atoms with Crippen molar-refractivity contribution in [1.29, 1.82) is 0 Å². The van der Waals surface area contributed by atoms with Crippen LogP contribution in [-0.4, -0.2) is 30.0 Å². The molecule has 0 spiro atoms. The fourth-order valence-corrected chi connectivity index (χ4v) is 2.81. The molecule has 2 rings (SSSR count). The summed E-state index contributed by atoms with van der Waals surface area (Å²) in [5.74, 6) is -0.221. The van der Waals surface area contributed by atoms with Crippen molar-refractivity contribution in [3.05, 3.63) is 45.4 Å². The van der Waals surface area contributed by atoms with Crippen LogP contribution < -0.4 is 16.0 Å². The third kappa shape index (κ3) is 5.50. The van der Waals surface area contributed by atoms with E-state index in [1.54, 1.807) is 23.7 Å². The summed E-state index contributed by atoms with van der Waals surface area (Å²) in [4.78, 5) is 27.9. The first kappa shape index (κ1) is 18.2. The van der Waals surface area contributed by atoms with E-state index in [2.05, 4.69) is 20.9 Å². The molecule has 0 aliphatic carbocycles. The van der Waals surface area contributed by atoms with Gasteiger partial charge in [-0.2, -0.15) is 0 Å². The lowest BCUT2D eigenvalue weighted by Crippen LogP contribution is -2.30. The maximum absolute atomic E-state index is 11.9. The van der Waals surface area contributed by atoms with Gasteiger partial charge in [-0.15, -0.1) is 11.3 Å². The second-order valence-electron chi connectivity index (χ2n) is 5.06. The fourth-order valence-electron chi connectivity index (χ4n) is 1.95. The van der Waals surface area contributed by atoms with Crippen LogP contribution >= 0.6 is 22.9 Å². The number of anilines is 1. The van der Waals surface area contributed by atoms with E-state index in [4.69, 9.17) is 11.6 Å². The molecule has 0 saturated heterocycles. The molecule has 6 nitrogen and oxygen atoms in total. The summed E-state index contributed by atoms with van der Waals surface area (Å²) in [6, 6.07) is 4.47. The average molecular weight is 367 g/mol. The van der Waals surface area contributed by atoms with Gasteiger partial charge in [0.2, 0.25) is 0 Å². The van der Waals surface area contributed by atoms with Crippen LogP contribution in [0.15, 0.2) is 29.1 Å². The molecule has 8 heteroatoms. The number of halogens is 1. The number of amides is 3. The highest BCUT2D eigenvalue weighted by Gasteiger charge is 2.11. The highest BCUT2D eigenvalue weighted by Crippen LogP contribution is 2.21. The van der Waals surface area contributed by atoms with E-state index in [1.807, 2.05) is 12.3 Å². The SMILES string of the molecule is CCCNC(=O)c1ccc(NC(=O)NCCc2cscn2)cc1Cl. The molecule has 0 radical (unpaired) electrons. The molecule has 1 aromatic heterocycles. The lowest BCUT2D eigenvalue weighted by atomic mass is 10.2. The zero-order chi connectivity index (χ0) is 17.4. The smallest absolute Gasteiger partial charge is 0.319 e. The van der Waals surface area contributed by atoms with E-state index in [-0.39, 0.29) is 11.9 Å². The highest BCUT2D eigenvalue weighted by molar-refractivity contribution is 7.07. The summed E-state index contributed by atoms with van der Waals surface area (Å²) >= 11 is 7.64. The maximum Gasteiger partial charge on any atom is 0.319 e. The molecule has 0 aliphatic rings. The Balaban J connectivity index is 1.84. The molecular weight excluding hydrogens is 348 g/mol. The number of nitrogens with one attached hydrogen (secondary N) is 3. The Kier molecular flexibility index (Phi) is 7.02. The van der Waals surface area contributed by atoms with Crippen LogP contribution in [-0.2, 0) is 6.42 Å². The quantitative estimate of drug-likeness (QED) is 0.703. The van der Waals surface area contributed by atoms with Crippen molar-refractivity contribution >= 4 is 40.6 Å². The van der Waals surface area contributed by atoms with Crippen molar-refractivity contribution in [1.82, 2.24) is 15.6 Å². The molecular formula is C16H19ClN4O2S. The van der Waals surface area contributed by atoms with E-state index in [0.29, 0.717) is 35.8 Å². The third-order valence-electron chi connectivity index (χ3n) is 3.16. The van der Waals surface area contributed by atoms with Crippen molar-refractivity contribution < 1.29 is 9.59 Å². The molecule has 24 heavy (non-hydrogen) atoms. The van der Waals surface area contributed by atoms with Crippen LogP contribution in [0.1, 0.15) is 29.4 Å². The van der Waals surface area contributed by atoms with Gasteiger partial charge in [-0.25, -0.2) is 9.78 Å². The largest absolute Gasteiger partial charge is 0.352 e. The fraction of sp³-hybridized carbons (Fsp3) is 0.312. The number of hydrogen-bond acceptors (Lipinski definition) is 4. The van der Waals surface area contributed by atoms with Crippen molar-refractivity contribution in [2.24, 2.45) is 0 Å². The van der Waals surface area contributed by atoms with Gasteiger partial charge < -0.3 is 16.0 Å². The first-order valence-corrected chi connectivity index (χ1v) is 8.92. The molecule has 128 valence electrons. The number of carbonyl (C=O) groups is 2. The van der Waals surface area contributed by atoms with Gasteiger partial charge in [-0.05, 0) is 24.6 Å². The van der Waals surface area contributed by atoms with Crippen LogP contribution in [0.3, 0.4) is 0 Å². The van der Waals surface area contributed by atoms with Crippen LogP contribution in [0.25, 0.3) is 0 Å². The molecule has 0 fully saturated rings. The van der Waals surface area contributed by atoms with Gasteiger partial charge in [0.05, 0.1) is 21.8 Å². The predicted molar refractivity (Wildman–Crippen MR) is 96.9 cm³/mol. The van der Waals surface area contributed by atoms with Crippen LogP contribution in [0.2, 0.25) is 5.02 Å². The number of aromatic nitrogens is 1. The van der Waals surface area contributed by atoms with E-state index >= 15 is 0 Å². The monoisotopic (exact) mass is 366 g/mol. The zero-order valence-electron chi connectivity index (χ0n) is 13.3. The summed E-state index contributed by atoms with van der Waals surface area (Å²) in [6.07, 6.45) is 1.53. The van der Waals surface area contributed by atoms with Gasteiger partial charge in [-0.1, -0.05) is 18.5 Å². The zero-order valence-corrected chi connectivity index (χ0v) is 14.8. The molecule has 1 aromatic carbocycles. The van der Waals surface area contributed by atoms with Crippen LogP contribution in [0.5, 0.6) is 0 Å². The van der Waals surface area contributed by atoms with Gasteiger partial charge >= 0.3 is 6.03 Å². The Bertz CT molecular complexity index is 691. The predicted octanol–water partition coefficient (Wildman–Crippen LogP) is 3.30. The number of thiazole rings is 1. The van der Waals surface area contributed by atoms with Gasteiger partial charge in [0.25, 0.3) is 5.91 Å². The average Bonchev–Trinajstić information content (AvgIpc) is 3.06. The summed E-state index contributed by atoms with van der Waals surface area (Å²) in [7, 11) is 0. The third-order valence-corrected chi connectivity index (χ3v) is 4.11. The Labute approximate surface area is 149 Å².